The van der Waals surface area contributed by atoms with Gasteiger partial charge in [-0.1, -0.05) is 11.6 Å². The van der Waals surface area contributed by atoms with Gasteiger partial charge in [0, 0.05) is 5.02 Å². The van der Waals surface area contributed by atoms with E-state index in [2.05, 4.69) is 10.5 Å². The average Bonchev–Trinajstić information content (AvgIpc) is 2.66. The van der Waals surface area contributed by atoms with Crippen LogP contribution in [0.1, 0.15) is 5.56 Å². The molecule has 0 aromatic heterocycles. The first kappa shape index (κ1) is 20.1. The number of carbonyl (C=O) groups excluding carboxylic acids is 2. The predicted octanol–water partition coefficient (Wildman–Crippen LogP) is 1.74. The molecule has 27 heavy (non-hydrogen) atoms. The molecule has 142 valence electrons. The van der Waals surface area contributed by atoms with Gasteiger partial charge in [-0.15, -0.1) is 0 Å². The van der Waals surface area contributed by atoms with E-state index in [-0.39, 0.29) is 13.2 Å². The van der Waals surface area contributed by atoms with E-state index in [4.69, 9.17) is 31.5 Å². The minimum Gasteiger partial charge on any atom is -0.493 e. The highest BCUT2D eigenvalue weighted by molar-refractivity contribution is 6.30. The molecule has 2 aromatic rings. The van der Waals surface area contributed by atoms with E-state index in [9.17, 15) is 9.59 Å². The molecular formula is C18H18ClN3O5. The number of nitrogens with two attached hydrogens (primary N) is 1. The minimum atomic E-state index is -0.591. The van der Waals surface area contributed by atoms with E-state index >= 15 is 0 Å². The quantitative estimate of drug-likeness (QED) is 0.499. The lowest BCUT2D eigenvalue weighted by atomic mass is 10.2. The number of carbonyl (C=O) groups is 2. The number of hydrazone groups is 1. The maximum atomic E-state index is 11.7. The van der Waals surface area contributed by atoms with Crippen LogP contribution in [0.3, 0.4) is 0 Å². The summed E-state index contributed by atoms with van der Waals surface area (Å²) in [6, 6.07) is 11.6. The second-order valence-corrected chi connectivity index (χ2v) is 5.64. The van der Waals surface area contributed by atoms with Gasteiger partial charge in [-0.3, -0.25) is 9.59 Å². The lowest BCUT2D eigenvalue weighted by Crippen LogP contribution is -2.24. The molecule has 2 aromatic carbocycles. The molecule has 9 heteroatoms. The molecule has 0 fully saturated rings. The normalized spacial score (nSPS) is 10.4. The maximum Gasteiger partial charge on any atom is 0.277 e. The number of benzene rings is 2. The highest BCUT2D eigenvalue weighted by Gasteiger charge is 2.07. The van der Waals surface area contributed by atoms with E-state index in [1.165, 1.54) is 13.3 Å². The Morgan fingerprint density at radius 3 is 2.52 bits per heavy atom. The van der Waals surface area contributed by atoms with Crippen molar-refractivity contribution in [2.45, 2.75) is 0 Å². The van der Waals surface area contributed by atoms with Crippen LogP contribution in [-0.4, -0.2) is 38.4 Å². The summed E-state index contributed by atoms with van der Waals surface area (Å²) in [5.41, 5.74) is 8.04. The third kappa shape index (κ3) is 6.87. The molecule has 0 aliphatic heterocycles. The number of nitrogens with zero attached hydrogens (tertiary/aromatic N) is 1. The van der Waals surface area contributed by atoms with Gasteiger partial charge in [0.05, 0.1) is 13.3 Å². The van der Waals surface area contributed by atoms with Crippen molar-refractivity contribution in [3.63, 3.8) is 0 Å². The summed E-state index contributed by atoms with van der Waals surface area (Å²) in [4.78, 5) is 22.5. The van der Waals surface area contributed by atoms with Crippen LogP contribution in [0.25, 0.3) is 0 Å². The van der Waals surface area contributed by atoms with Crippen molar-refractivity contribution in [1.82, 2.24) is 5.43 Å². The third-order valence-corrected chi connectivity index (χ3v) is 3.40. The van der Waals surface area contributed by atoms with E-state index in [0.717, 1.165) is 0 Å². The number of halogens is 1. The molecule has 0 saturated heterocycles. The van der Waals surface area contributed by atoms with Gasteiger partial charge in [-0.05, 0) is 48.0 Å². The number of ether oxygens (including phenoxy) is 3. The van der Waals surface area contributed by atoms with E-state index in [1.54, 1.807) is 42.5 Å². The zero-order valence-electron chi connectivity index (χ0n) is 14.5. The molecule has 0 spiro atoms. The Labute approximate surface area is 160 Å². The smallest absolute Gasteiger partial charge is 0.277 e. The monoisotopic (exact) mass is 391 g/mol. The summed E-state index contributed by atoms with van der Waals surface area (Å²) in [7, 11) is 1.46. The Hall–Kier alpha value is -3.26. The van der Waals surface area contributed by atoms with Gasteiger partial charge in [-0.2, -0.15) is 5.10 Å². The van der Waals surface area contributed by atoms with E-state index in [0.29, 0.717) is 27.8 Å². The molecular weight excluding hydrogens is 374 g/mol. The van der Waals surface area contributed by atoms with Crippen LogP contribution in [0.2, 0.25) is 5.02 Å². The molecule has 8 nitrogen and oxygen atoms in total. The molecule has 0 heterocycles. The zero-order chi connectivity index (χ0) is 19.6. The SMILES string of the molecule is COc1cc(/C=N\NC(=O)COc2ccc(Cl)cc2)ccc1OCC(N)=O. The summed E-state index contributed by atoms with van der Waals surface area (Å²) in [5, 5.41) is 4.43. The van der Waals surface area contributed by atoms with Gasteiger partial charge in [0.25, 0.3) is 11.8 Å². The number of rotatable bonds is 9. The summed E-state index contributed by atoms with van der Waals surface area (Å²) in [6.45, 7) is -0.449. The molecule has 0 unspecified atom stereocenters. The summed E-state index contributed by atoms with van der Waals surface area (Å²) >= 11 is 5.77. The Balaban J connectivity index is 1.86. The second-order valence-electron chi connectivity index (χ2n) is 5.20. The average molecular weight is 392 g/mol. The zero-order valence-corrected chi connectivity index (χ0v) is 15.2. The Morgan fingerprint density at radius 1 is 1.11 bits per heavy atom. The molecule has 0 atom stereocenters. The van der Waals surface area contributed by atoms with Crippen molar-refractivity contribution in [2.75, 3.05) is 20.3 Å². The first-order valence-electron chi connectivity index (χ1n) is 7.77. The highest BCUT2D eigenvalue weighted by atomic mass is 35.5. The van der Waals surface area contributed by atoms with Gasteiger partial charge in [0.2, 0.25) is 0 Å². The Bertz CT molecular complexity index is 824. The number of nitrogens with one attached hydrogen (secondary N) is 1. The first-order valence-corrected chi connectivity index (χ1v) is 8.15. The second kappa shape index (κ2) is 10.0. The van der Waals surface area contributed by atoms with Crippen LogP contribution >= 0.6 is 11.6 Å². The fraction of sp³-hybridized carbons (Fsp3) is 0.167. The number of amides is 2. The molecule has 0 aliphatic carbocycles. The molecule has 3 N–H and O–H groups in total. The Kier molecular flexibility index (Phi) is 7.45. The summed E-state index contributed by atoms with van der Waals surface area (Å²) in [6.07, 6.45) is 1.43. The number of hydrogen-bond donors (Lipinski definition) is 2. The lowest BCUT2D eigenvalue weighted by Gasteiger charge is -2.09. The fourth-order valence-corrected chi connectivity index (χ4v) is 2.05. The van der Waals surface area contributed by atoms with Crippen LogP contribution in [-0.2, 0) is 9.59 Å². The van der Waals surface area contributed by atoms with E-state index in [1.807, 2.05) is 0 Å². The lowest BCUT2D eigenvalue weighted by molar-refractivity contribution is -0.123. The molecule has 0 saturated carbocycles. The van der Waals surface area contributed by atoms with Crippen LogP contribution < -0.4 is 25.4 Å². The topological polar surface area (TPSA) is 112 Å². The van der Waals surface area contributed by atoms with Crippen molar-refractivity contribution in [3.05, 3.63) is 53.1 Å². The third-order valence-electron chi connectivity index (χ3n) is 3.14. The summed E-state index contributed by atoms with van der Waals surface area (Å²) in [5.74, 6) is 0.280. The highest BCUT2D eigenvalue weighted by Crippen LogP contribution is 2.27. The number of methoxy groups -OCH3 is 1. The van der Waals surface area contributed by atoms with Crippen LogP contribution in [0, 0.1) is 0 Å². The number of primary amides is 1. The van der Waals surface area contributed by atoms with Crippen LogP contribution in [0.5, 0.6) is 17.2 Å². The van der Waals surface area contributed by atoms with E-state index < -0.39 is 11.8 Å². The fourth-order valence-electron chi connectivity index (χ4n) is 1.92. The van der Waals surface area contributed by atoms with Gasteiger partial charge in [0.15, 0.2) is 24.7 Å². The van der Waals surface area contributed by atoms with Crippen molar-refractivity contribution >= 4 is 29.6 Å². The summed E-state index contributed by atoms with van der Waals surface area (Å²) < 4.78 is 15.7. The van der Waals surface area contributed by atoms with Crippen LogP contribution in [0.4, 0.5) is 0 Å². The van der Waals surface area contributed by atoms with Crippen LogP contribution in [0.15, 0.2) is 47.6 Å². The molecule has 0 aliphatic rings. The van der Waals surface area contributed by atoms with Gasteiger partial charge in [-0.25, -0.2) is 5.43 Å². The minimum absolute atomic E-state index is 0.192. The maximum absolute atomic E-state index is 11.7. The van der Waals surface area contributed by atoms with Gasteiger partial charge in [0.1, 0.15) is 5.75 Å². The van der Waals surface area contributed by atoms with Crippen molar-refractivity contribution in [2.24, 2.45) is 10.8 Å². The molecule has 0 bridgehead atoms. The van der Waals surface area contributed by atoms with Crippen molar-refractivity contribution < 1.29 is 23.8 Å². The standard InChI is InChI=1S/C18H18ClN3O5/c1-25-16-8-12(2-7-15(16)27-10-17(20)23)9-21-22-18(24)11-26-14-5-3-13(19)4-6-14/h2-9H,10-11H2,1H3,(H2,20,23)(H,22,24)/b21-9-. The van der Waals surface area contributed by atoms with Gasteiger partial charge < -0.3 is 19.9 Å². The Morgan fingerprint density at radius 2 is 1.85 bits per heavy atom. The largest absolute Gasteiger partial charge is 0.493 e. The van der Waals surface area contributed by atoms with Crippen molar-refractivity contribution in [1.29, 1.82) is 0 Å². The molecule has 2 rings (SSSR count). The molecule has 2 amide bonds. The van der Waals surface area contributed by atoms with Gasteiger partial charge >= 0.3 is 0 Å². The predicted molar refractivity (Wildman–Crippen MR) is 100 cm³/mol. The first-order chi connectivity index (χ1) is 13.0. The van der Waals surface area contributed by atoms with Crippen molar-refractivity contribution in [3.8, 4) is 17.2 Å². The molecule has 0 radical (unpaired) electrons. The number of hydrogen-bond acceptors (Lipinski definition) is 6.